The molecule has 1 aliphatic heterocycles. The van der Waals surface area contributed by atoms with E-state index in [0.717, 1.165) is 35.6 Å². The van der Waals surface area contributed by atoms with Crippen molar-refractivity contribution in [2.75, 3.05) is 30.0 Å². The third-order valence-corrected chi connectivity index (χ3v) is 7.27. The summed E-state index contributed by atoms with van der Waals surface area (Å²) in [4.78, 5) is 29.7. The van der Waals surface area contributed by atoms with Gasteiger partial charge in [0.2, 0.25) is 0 Å². The third kappa shape index (κ3) is 7.04. The van der Waals surface area contributed by atoms with Crippen molar-refractivity contribution in [2.24, 2.45) is 0 Å². The lowest BCUT2D eigenvalue weighted by Crippen LogP contribution is -2.32. The van der Waals surface area contributed by atoms with E-state index in [0.29, 0.717) is 18.2 Å². The van der Waals surface area contributed by atoms with Crippen molar-refractivity contribution < 1.29 is 24.2 Å². The number of anilines is 2. The van der Waals surface area contributed by atoms with Gasteiger partial charge in [0.05, 0.1) is 17.2 Å². The first kappa shape index (κ1) is 29.0. The highest BCUT2D eigenvalue weighted by Crippen LogP contribution is 2.33. The zero-order chi connectivity index (χ0) is 29.5. The second-order valence-corrected chi connectivity index (χ2v) is 10.4. The molecule has 3 heterocycles. The van der Waals surface area contributed by atoms with Crippen LogP contribution in [0.15, 0.2) is 60.8 Å². The van der Waals surface area contributed by atoms with E-state index in [1.54, 1.807) is 31.3 Å². The molecule has 1 aliphatic rings. The molecule has 2 aromatic carbocycles. The number of carbonyl (C=O) groups is 1. The molecule has 1 amide bonds. The topological polar surface area (TPSA) is 132 Å². The molecule has 0 saturated carbocycles. The summed E-state index contributed by atoms with van der Waals surface area (Å²) in [7, 11) is 0. The molecular weight excluding hydrogens is 539 g/mol. The predicted octanol–water partition coefficient (Wildman–Crippen LogP) is 4.47. The van der Waals surface area contributed by atoms with Gasteiger partial charge in [-0.05, 0) is 85.7 Å². The van der Waals surface area contributed by atoms with Crippen molar-refractivity contribution in [3.8, 4) is 11.6 Å². The molecule has 1 atom stereocenters. The Hall–Kier alpha value is -4.48. The van der Waals surface area contributed by atoms with Crippen molar-refractivity contribution in [1.29, 1.82) is 0 Å². The second kappa shape index (κ2) is 13.5. The van der Waals surface area contributed by atoms with Crippen LogP contribution in [-0.4, -0.2) is 51.8 Å². The first-order valence-electron chi connectivity index (χ1n) is 14.2. The number of hydrazine groups is 1. The minimum Gasteiger partial charge on any atom is -0.504 e. The van der Waals surface area contributed by atoms with Crippen LogP contribution >= 0.6 is 0 Å². The highest BCUT2D eigenvalue weighted by Gasteiger charge is 2.22. The first-order valence-corrected chi connectivity index (χ1v) is 14.2. The predicted molar refractivity (Wildman–Crippen MR) is 159 cm³/mol. The Morgan fingerprint density at radius 3 is 2.52 bits per heavy atom. The standard InChI is InChI=1S/C31H35FN6O4/c1-2-25(39)19-34-30(41)28-29(40)27-26(17-21(18-33-27)16-20-6-8-22(32)9-7-20)31(35-28)42-37-36-23-10-12-24(13-11-23)38-14-4-3-5-15-38/h6-13,17-18,25,36-37,39-40H,2-5,14-16,19H2,1H3,(H,34,41). The van der Waals surface area contributed by atoms with Gasteiger partial charge in [-0.2, -0.15) is 0 Å². The number of nitrogens with zero attached hydrogens (tertiary/aromatic N) is 3. The molecule has 0 radical (unpaired) electrons. The van der Waals surface area contributed by atoms with E-state index in [9.17, 15) is 19.4 Å². The number of aliphatic hydroxyl groups excluding tert-OH is 1. The molecule has 0 aliphatic carbocycles. The van der Waals surface area contributed by atoms with Crippen molar-refractivity contribution in [2.45, 2.75) is 45.1 Å². The zero-order valence-corrected chi connectivity index (χ0v) is 23.4. The van der Waals surface area contributed by atoms with Gasteiger partial charge >= 0.3 is 0 Å². The minimum absolute atomic E-state index is 0.00193. The summed E-state index contributed by atoms with van der Waals surface area (Å²) in [5.41, 5.74) is 9.05. The number of aromatic hydroxyl groups is 1. The highest BCUT2D eigenvalue weighted by molar-refractivity contribution is 6.02. The quantitative estimate of drug-likeness (QED) is 0.165. The summed E-state index contributed by atoms with van der Waals surface area (Å²) < 4.78 is 13.4. The lowest BCUT2D eigenvalue weighted by Gasteiger charge is -2.28. The van der Waals surface area contributed by atoms with Crippen molar-refractivity contribution in [1.82, 2.24) is 20.9 Å². The molecule has 5 rings (SSSR count). The summed E-state index contributed by atoms with van der Waals surface area (Å²) >= 11 is 0. The van der Waals surface area contributed by atoms with Crippen LogP contribution in [0.25, 0.3) is 10.9 Å². The van der Waals surface area contributed by atoms with Gasteiger partial charge in [-0.15, -0.1) is 0 Å². The maximum absolute atomic E-state index is 13.4. The van der Waals surface area contributed by atoms with Crippen LogP contribution in [0.4, 0.5) is 15.8 Å². The van der Waals surface area contributed by atoms with Crippen LogP contribution in [-0.2, 0) is 6.42 Å². The number of hydrogen-bond donors (Lipinski definition) is 5. The van der Waals surface area contributed by atoms with E-state index in [4.69, 9.17) is 4.84 Å². The van der Waals surface area contributed by atoms with Crippen LogP contribution in [0, 0.1) is 5.82 Å². The zero-order valence-electron chi connectivity index (χ0n) is 23.4. The summed E-state index contributed by atoms with van der Waals surface area (Å²) in [5.74, 6) is -1.40. The number of amides is 1. The fourth-order valence-electron chi connectivity index (χ4n) is 4.84. The molecule has 2 aromatic heterocycles. The molecule has 1 saturated heterocycles. The van der Waals surface area contributed by atoms with Gasteiger partial charge in [0.25, 0.3) is 11.8 Å². The SMILES string of the molecule is CCC(O)CNC(=O)c1nc(ONNc2ccc(N3CCCCC3)cc2)c2cc(Cc3ccc(F)cc3)cnc2c1O. The van der Waals surface area contributed by atoms with Crippen LogP contribution < -0.4 is 26.1 Å². The van der Waals surface area contributed by atoms with E-state index < -0.39 is 17.8 Å². The molecule has 1 unspecified atom stereocenters. The van der Waals surface area contributed by atoms with Gasteiger partial charge in [-0.1, -0.05) is 24.6 Å². The van der Waals surface area contributed by atoms with Gasteiger partial charge < -0.3 is 25.3 Å². The van der Waals surface area contributed by atoms with E-state index in [2.05, 4.69) is 31.2 Å². The molecule has 4 aromatic rings. The maximum atomic E-state index is 13.4. The van der Waals surface area contributed by atoms with Gasteiger partial charge in [0.1, 0.15) is 11.3 Å². The Morgan fingerprint density at radius 1 is 1.07 bits per heavy atom. The summed E-state index contributed by atoms with van der Waals surface area (Å²) in [5, 5.41) is 23.7. The fraction of sp³-hybridized carbons (Fsp3) is 0.323. The number of piperidine rings is 1. The molecule has 220 valence electrons. The van der Waals surface area contributed by atoms with E-state index >= 15 is 0 Å². The fourth-order valence-corrected chi connectivity index (χ4v) is 4.84. The Balaban J connectivity index is 1.38. The van der Waals surface area contributed by atoms with Gasteiger partial charge in [0.15, 0.2) is 11.4 Å². The maximum Gasteiger partial charge on any atom is 0.274 e. The normalized spacial score (nSPS) is 14.0. The van der Waals surface area contributed by atoms with Crippen molar-refractivity contribution >= 4 is 28.2 Å². The van der Waals surface area contributed by atoms with Crippen LogP contribution in [0.5, 0.6) is 11.6 Å². The van der Waals surface area contributed by atoms with E-state index in [-0.39, 0.29) is 29.5 Å². The van der Waals surface area contributed by atoms with Crippen LogP contribution in [0.1, 0.15) is 54.2 Å². The highest BCUT2D eigenvalue weighted by atomic mass is 19.1. The Bertz CT molecular complexity index is 1510. The molecule has 42 heavy (non-hydrogen) atoms. The number of aromatic nitrogens is 2. The summed E-state index contributed by atoms with van der Waals surface area (Å²) in [6, 6.07) is 15.9. The lowest BCUT2D eigenvalue weighted by molar-refractivity contribution is 0.0904. The third-order valence-electron chi connectivity index (χ3n) is 7.27. The Kier molecular flexibility index (Phi) is 9.30. The van der Waals surface area contributed by atoms with E-state index in [1.807, 2.05) is 24.3 Å². The number of benzene rings is 2. The number of pyridine rings is 2. The van der Waals surface area contributed by atoms with Crippen molar-refractivity contribution in [3.63, 3.8) is 0 Å². The molecule has 5 N–H and O–H groups in total. The van der Waals surface area contributed by atoms with Crippen LogP contribution in [0.3, 0.4) is 0 Å². The molecule has 0 bridgehead atoms. The lowest BCUT2D eigenvalue weighted by atomic mass is 10.0. The second-order valence-electron chi connectivity index (χ2n) is 10.4. The number of carbonyl (C=O) groups excluding carboxylic acids is 1. The number of nitrogens with one attached hydrogen (secondary N) is 3. The summed E-state index contributed by atoms with van der Waals surface area (Å²) in [6.45, 7) is 3.90. The number of hydrogen-bond acceptors (Lipinski definition) is 9. The molecular formula is C31H35FN6O4. The smallest absolute Gasteiger partial charge is 0.274 e. The monoisotopic (exact) mass is 574 g/mol. The number of halogens is 1. The van der Waals surface area contributed by atoms with Crippen LogP contribution in [0.2, 0.25) is 0 Å². The molecule has 1 fully saturated rings. The Morgan fingerprint density at radius 2 is 1.81 bits per heavy atom. The number of fused-ring (bicyclic) bond motifs is 1. The Labute approximate surface area is 243 Å². The average Bonchev–Trinajstić information content (AvgIpc) is 3.02. The van der Waals surface area contributed by atoms with Gasteiger partial charge in [0, 0.05) is 31.5 Å². The average molecular weight is 575 g/mol. The molecule has 0 spiro atoms. The van der Waals surface area contributed by atoms with Crippen molar-refractivity contribution in [3.05, 3.63) is 83.4 Å². The molecule has 11 heteroatoms. The number of aliphatic hydroxyl groups is 1. The van der Waals surface area contributed by atoms with Gasteiger partial charge in [-0.3, -0.25) is 15.2 Å². The molecule has 10 nitrogen and oxygen atoms in total. The largest absolute Gasteiger partial charge is 0.504 e. The summed E-state index contributed by atoms with van der Waals surface area (Å²) in [6.07, 6.45) is 5.42. The van der Waals surface area contributed by atoms with Gasteiger partial charge in [-0.25, -0.2) is 9.37 Å². The first-order chi connectivity index (χ1) is 20.4. The van der Waals surface area contributed by atoms with E-state index in [1.165, 1.54) is 31.4 Å². The number of rotatable bonds is 11. The minimum atomic E-state index is -0.730.